The molecule has 0 saturated carbocycles. The first-order valence-electron chi connectivity index (χ1n) is 5.87. The molecule has 0 amide bonds. The van der Waals surface area contributed by atoms with Crippen molar-refractivity contribution in [3.05, 3.63) is 28.8 Å². The summed E-state index contributed by atoms with van der Waals surface area (Å²) in [5.41, 5.74) is 6.46. The topological polar surface area (TPSA) is 55.5 Å². The summed E-state index contributed by atoms with van der Waals surface area (Å²) in [7, 11) is 0. The van der Waals surface area contributed by atoms with Crippen LogP contribution in [-0.4, -0.2) is 24.9 Å². The molecule has 1 rings (SSSR count). The van der Waals surface area contributed by atoms with Crippen molar-refractivity contribution in [3.8, 4) is 5.75 Å². The van der Waals surface area contributed by atoms with Crippen molar-refractivity contribution < 1.29 is 9.84 Å². The van der Waals surface area contributed by atoms with Crippen LogP contribution in [0.2, 0.25) is 5.02 Å². The van der Waals surface area contributed by atoms with E-state index in [2.05, 4.69) is 0 Å². The van der Waals surface area contributed by atoms with Crippen LogP contribution in [0.5, 0.6) is 5.75 Å². The number of rotatable bonds is 7. The fourth-order valence-corrected chi connectivity index (χ4v) is 1.73. The minimum Gasteiger partial charge on any atom is -0.494 e. The minimum atomic E-state index is 0. The second-order valence-corrected chi connectivity index (χ2v) is 4.58. The van der Waals surface area contributed by atoms with Gasteiger partial charge in [0.1, 0.15) is 5.75 Å². The monoisotopic (exact) mass is 293 g/mol. The Labute approximate surface area is 120 Å². The molecular weight excluding hydrogens is 273 g/mol. The third-order valence-corrected chi connectivity index (χ3v) is 3.18. The van der Waals surface area contributed by atoms with E-state index < -0.39 is 0 Å². The van der Waals surface area contributed by atoms with Gasteiger partial charge in [-0.15, -0.1) is 12.4 Å². The van der Waals surface area contributed by atoms with Gasteiger partial charge in [0.2, 0.25) is 0 Å². The summed E-state index contributed by atoms with van der Waals surface area (Å²) < 4.78 is 5.61. The van der Waals surface area contributed by atoms with Crippen LogP contribution in [0.3, 0.4) is 0 Å². The molecule has 5 heteroatoms. The smallest absolute Gasteiger partial charge is 0.119 e. The molecule has 3 nitrogen and oxygen atoms in total. The van der Waals surface area contributed by atoms with Crippen LogP contribution in [0.15, 0.2) is 18.2 Å². The number of halogens is 2. The van der Waals surface area contributed by atoms with Gasteiger partial charge >= 0.3 is 0 Å². The van der Waals surface area contributed by atoms with E-state index in [-0.39, 0.29) is 24.9 Å². The van der Waals surface area contributed by atoms with E-state index >= 15 is 0 Å². The number of aliphatic hydroxyl groups excluding tert-OH is 1. The summed E-state index contributed by atoms with van der Waals surface area (Å²) in [4.78, 5) is 0. The van der Waals surface area contributed by atoms with E-state index in [0.717, 1.165) is 29.2 Å². The molecule has 0 heterocycles. The van der Waals surface area contributed by atoms with Crippen LogP contribution in [0, 0.1) is 12.8 Å². The maximum absolute atomic E-state index is 9.11. The molecule has 1 atom stereocenters. The molecule has 18 heavy (non-hydrogen) atoms. The summed E-state index contributed by atoms with van der Waals surface area (Å²) in [6, 6.07) is 5.60. The first-order chi connectivity index (χ1) is 8.17. The Hall–Kier alpha value is -0.480. The van der Waals surface area contributed by atoms with Crippen molar-refractivity contribution in [2.45, 2.75) is 19.8 Å². The first-order valence-corrected chi connectivity index (χ1v) is 6.25. The Morgan fingerprint density at radius 2 is 2.11 bits per heavy atom. The largest absolute Gasteiger partial charge is 0.494 e. The lowest BCUT2D eigenvalue weighted by Gasteiger charge is -2.13. The molecule has 104 valence electrons. The predicted molar refractivity (Wildman–Crippen MR) is 77.8 cm³/mol. The van der Waals surface area contributed by atoms with E-state index in [9.17, 15) is 0 Å². The summed E-state index contributed by atoms with van der Waals surface area (Å²) >= 11 is 5.93. The highest BCUT2D eigenvalue weighted by atomic mass is 35.5. The normalized spacial score (nSPS) is 11.8. The average Bonchev–Trinajstić information content (AvgIpc) is 2.32. The van der Waals surface area contributed by atoms with Gasteiger partial charge in [-0.3, -0.25) is 0 Å². The number of ether oxygens (including phenoxy) is 1. The van der Waals surface area contributed by atoms with Crippen molar-refractivity contribution in [2.24, 2.45) is 11.7 Å². The highest BCUT2D eigenvalue weighted by Gasteiger charge is 2.06. The number of hydrogen-bond acceptors (Lipinski definition) is 3. The van der Waals surface area contributed by atoms with Gasteiger partial charge in [0.05, 0.1) is 6.61 Å². The molecule has 0 bridgehead atoms. The van der Waals surface area contributed by atoms with Gasteiger partial charge in [-0.2, -0.15) is 0 Å². The molecule has 0 aliphatic rings. The molecular formula is C13H21Cl2NO2. The quantitative estimate of drug-likeness (QED) is 0.813. The summed E-state index contributed by atoms with van der Waals surface area (Å²) in [6.07, 6.45) is 1.65. The van der Waals surface area contributed by atoms with E-state index in [1.54, 1.807) is 0 Å². The number of aliphatic hydroxyl groups is 1. The fourth-order valence-electron chi connectivity index (χ4n) is 1.61. The Morgan fingerprint density at radius 3 is 2.67 bits per heavy atom. The minimum absolute atomic E-state index is 0. The zero-order chi connectivity index (χ0) is 12.7. The molecule has 0 radical (unpaired) electrons. The molecule has 0 aromatic heterocycles. The van der Waals surface area contributed by atoms with E-state index in [4.69, 9.17) is 27.2 Å². The van der Waals surface area contributed by atoms with Gasteiger partial charge in [0.25, 0.3) is 0 Å². The molecule has 0 aliphatic heterocycles. The fraction of sp³-hybridized carbons (Fsp3) is 0.538. The third kappa shape index (κ3) is 5.91. The molecule has 0 fully saturated rings. The van der Waals surface area contributed by atoms with E-state index in [1.165, 1.54) is 0 Å². The predicted octanol–water partition coefficient (Wildman–Crippen LogP) is 2.80. The van der Waals surface area contributed by atoms with Gasteiger partial charge in [0, 0.05) is 11.6 Å². The maximum atomic E-state index is 9.11. The highest BCUT2D eigenvalue weighted by molar-refractivity contribution is 6.31. The number of benzene rings is 1. The second kappa shape index (κ2) is 9.45. The molecule has 0 spiro atoms. The first kappa shape index (κ1) is 17.5. The van der Waals surface area contributed by atoms with Gasteiger partial charge in [-0.1, -0.05) is 11.6 Å². The second-order valence-electron chi connectivity index (χ2n) is 4.17. The molecule has 1 aromatic carbocycles. The van der Waals surface area contributed by atoms with E-state index in [1.807, 2.05) is 25.1 Å². The summed E-state index contributed by atoms with van der Waals surface area (Å²) in [5.74, 6) is 1.05. The van der Waals surface area contributed by atoms with Crippen molar-refractivity contribution >= 4 is 24.0 Å². The van der Waals surface area contributed by atoms with Gasteiger partial charge in [-0.05, 0) is 56.0 Å². The van der Waals surface area contributed by atoms with Crippen molar-refractivity contribution in [2.75, 3.05) is 19.8 Å². The Balaban J connectivity index is 0.00000289. The SMILES string of the molecule is Cc1cc(OCC[C@H](CO)CCN)ccc1Cl.Cl. The molecule has 1 aromatic rings. The molecule has 0 unspecified atom stereocenters. The lowest BCUT2D eigenvalue weighted by Crippen LogP contribution is -2.15. The Morgan fingerprint density at radius 1 is 1.39 bits per heavy atom. The zero-order valence-corrected chi connectivity index (χ0v) is 12.1. The summed E-state index contributed by atoms with van der Waals surface area (Å²) in [6.45, 7) is 3.30. The number of nitrogens with two attached hydrogens (primary N) is 1. The molecule has 3 N–H and O–H groups in total. The zero-order valence-electron chi connectivity index (χ0n) is 10.6. The Kier molecular flexibility index (Phi) is 9.20. The lowest BCUT2D eigenvalue weighted by molar-refractivity contribution is 0.186. The van der Waals surface area contributed by atoms with Crippen LogP contribution >= 0.6 is 24.0 Å². The van der Waals surface area contributed by atoms with Gasteiger partial charge < -0.3 is 15.6 Å². The van der Waals surface area contributed by atoms with Crippen molar-refractivity contribution in [1.82, 2.24) is 0 Å². The lowest BCUT2D eigenvalue weighted by atomic mass is 10.0. The van der Waals surface area contributed by atoms with Crippen LogP contribution < -0.4 is 10.5 Å². The van der Waals surface area contributed by atoms with Crippen LogP contribution in [0.25, 0.3) is 0 Å². The third-order valence-electron chi connectivity index (χ3n) is 2.76. The molecule has 0 aliphatic carbocycles. The van der Waals surface area contributed by atoms with E-state index in [0.29, 0.717) is 13.2 Å². The number of aryl methyl sites for hydroxylation is 1. The van der Waals surface area contributed by atoms with Crippen LogP contribution in [-0.2, 0) is 0 Å². The standard InChI is InChI=1S/C13H20ClNO2.ClH/c1-10-8-12(2-3-13(10)14)17-7-5-11(9-16)4-6-15;/h2-3,8,11,16H,4-7,9,15H2,1H3;1H/t11-;/m1./s1. The molecule has 0 saturated heterocycles. The number of hydrogen-bond donors (Lipinski definition) is 2. The van der Waals surface area contributed by atoms with Gasteiger partial charge in [-0.25, -0.2) is 0 Å². The summed E-state index contributed by atoms with van der Waals surface area (Å²) in [5, 5.41) is 9.85. The van der Waals surface area contributed by atoms with Crippen LogP contribution in [0.1, 0.15) is 18.4 Å². The van der Waals surface area contributed by atoms with Crippen LogP contribution in [0.4, 0.5) is 0 Å². The maximum Gasteiger partial charge on any atom is 0.119 e. The Bertz CT molecular complexity index is 348. The van der Waals surface area contributed by atoms with Crippen molar-refractivity contribution in [1.29, 1.82) is 0 Å². The van der Waals surface area contributed by atoms with Crippen molar-refractivity contribution in [3.63, 3.8) is 0 Å². The average molecular weight is 294 g/mol. The highest BCUT2D eigenvalue weighted by Crippen LogP contribution is 2.21. The van der Waals surface area contributed by atoms with Gasteiger partial charge in [0.15, 0.2) is 0 Å².